The first-order chi connectivity index (χ1) is 36.5. The van der Waals surface area contributed by atoms with Crippen molar-refractivity contribution in [1.29, 1.82) is 0 Å². The van der Waals surface area contributed by atoms with Crippen molar-refractivity contribution in [3.63, 3.8) is 0 Å². The number of amides is 6. The van der Waals surface area contributed by atoms with Crippen molar-refractivity contribution in [2.75, 3.05) is 26.4 Å². The van der Waals surface area contributed by atoms with E-state index >= 15 is 0 Å². The van der Waals surface area contributed by atoms with E-state index < -0.39 is 47.6 Å². The number of hydrogen-bond acceptors (Lipinski definition) is 10. The zero-order valence-electron chi connectivity index (χ0n) is 46.8. The normalized spacial score (nSPS) is 22.9. The van der Waals surface area contributed by atoms with E-state index in [1.165, 1.54) is 25.7 Å². The standard InChI is InChI=1S/C60H92N6O10/c1-59(2,3)75-57(71)63-47-33-23-21-31-45-35-37-51(65(45)55(47)69)53(67)61-49(43-27-17-15-18-28-43)41-73-39-25-13-11-9-7-8-10-12-14-26-40-74-42-50(44-29-19-16-20-30-44)62-54(68)52-38-36-46-32-22-24-34-48(56(70)66(46)52)64-58(72)76-60(4,5)6/h15-20,27-30,45-52H,7-14,21-26,31-42H2,1-6H3,(H,61,67)(H,62,68)(H,63,71)(H,64,72)/t45-,46-,47-,48-,49+,50+,51-,52-/m0/s1. The van der Waals surface area contributed by atoms with Gasteiger partial charge in [-0.25, -0.2) is 9.59 Å². The molecule has 2 aromatic rings. The molecule has 422 valence electrons. The number of nitrogens with one attached hydrogen (secondary N) is 4. The third-order valence-electron chi connectivity index (χ3n) is 15.1. The van der Waals surface area contributed by atoms with Gasteiger partial charge in [0.05, 0.1) is 25.3 Å². The zero-order chi connectivity index (χ0) is 54.5. The van der Waals surface area contributed by atoms with Crippen molar-refractivity contribution in [1.82, 2.24) is 31.1 Å². The van der Waals surface area contributed by atoms with E-state index in [9.17, 15) is 28.8 Å². The molecule has 0 unspecified atom stereocenters. The molecule has 2 aromatic carbocycles. The number of fused-ring (bicyclic) bond motifs is 2. The van der Waals surface area contributed by atoms with Gasteiger partial charge >= 0.3 is 12.2 Å². The first-order valence-electron chi connectivity index (χ1n) is 29.0. The summed E-state index contributed by atoms with van der Waals surface area (Å²) in [6.07, 6.45) is 18.7. The van der Waals surface area contributed by atoms with Crippen LogP contribution in [-0.2, 0) is 38.1 Å². The Morgan fingerprint density at radius 1 is 0.487 bits per heavy atom. The van der Waals surface area contributed by atoms with Gasteiger partial charge in [-0.1, -0.05) is 138 Å². The first kappa shape index (κ1) is 60.0. The summed E-state index contributed by atoms with van der Waals surface area (Å²) in [5, 5.41) is 12.1. The number of benzene rings is 2. The summed E-state index contributed by atoms with van der Waals surface area (Å²) in [5.74, 6) is -0.813. The van der Waals surface area contributed by atoms with Crippen LogP contribution < -0.4 is 21.3 Å². The fourth-order valence-corrected chi connectivity index (χ4v) is 11.3. The second kappa shape index (κ2) is 30.1. The maximum Gasteiger partial charge on any atom is 0.408 e. The molecule has 76 heavy (non-hydrogen) atoms. The monoisotopic (exact) mass is 1060 g/mol. The van der Waals surface area contributed by atoms with Gasteiger partial charge in [0.2, 0.25) is 23.6 Å². The van der Waals surface area contributed by atoms with Crippen molar-refractivity contribution >= 4 is 35.8 Å². The summed E-state index contributed by atoms with van der Waals surface area (Å²) in [4.78, 5) is 84.9. The van der Waals surface area contributed by atoms with E-state index in [0.29, 0.717) is 52.1 Å². The van der Waals surface area contributed by atoms with Gasteiger partial charge in [-0.2, -0.15) is 0 Å². The highest BCUT2D eigenvalue weighted by Crippen LogP contribution is 2.34. The highest BCUT2D eigenvalue weighted by Gasteiger charge is 2.46. The summed E-state index contributed by atoms with van der Waals surface area (Å²) in [6, 6.07) is 16.2. The van der Waals surface area contributed by atoms with Crippen molar-refractivity contribution in [3.8, 4) is 0 Å². The molecule has 0 aliphatic carbocycles. The Bertz CT molecular complexity index is 1980. The lowest BCUT2D eigenvalue weighted by Crippen LogP contribution is -2.57. The minimum atomic E-state index is -0.737. The molecule has 0 radical (unpaired) electrons. The number of ether oxygens (including phenoxy) is 4. The molecule has 6 amide bonds. The van der Waals surface area contributed by atoms with Gasteiger partial charge in [-0.3, -0.25) is 19.2 Å². The van der Waals surface area contributed by atoms with Crippen LogP contribution in [0, 0.1) is 0 Å². The number of carbonyl (C=O) groups excluding carboxylic acids is 6. The summed E-state index contributed by atoms with van der Waals surface area (Å²) in [6.45, 7) is 12.6. The van der Waals surface area contributed by atoms with Crippen LogP contribution in [0.1, 0.15) is 206 Å². The molecular weight excluding hydrogens is 965 g/mol. The quantitative estimate of drug-likeness (QED) is 0.0696. The summed E-state index contributed by atoms with van der Waals surface area (Å²) >= 11 is 0. The smallest absolute Gasteiger partial charge is 0.408 e. The van der Waals surface area contributed by atoms with E-state index in [2.05, 4.69) is 21.3 Å². The number of rotatable bonds is 25. The molecule has 4 fully saturated rings. The Morgan fingerprint density at radius 3 is 1.18 bits per heavy atom. The van der Waals surface area contributed by atoms with Crippen LogP contribution in [0.4, 0.5) is 9.59 Å². The van der Waals surface area contributed by atoms with E-state index in [1.54, 1.807) is 51.3 Å². The molecule has 0 aromatic heterocycles. The largest absolute Gasteiger partial charge is 0.444 e. The third kappa shape index (κ3) is 19.4. The average molecular weight is 1060 g/mol. The molecule has 4 aliphatic heterocycles. The van der Waals surface area contributed by atoms with Crippen LogP contribution in [0.3, 0.4) is 0 Å². The highest BCUT2D eigenvalue weighted by atomic mass is 16.6. The van der Waals surface area contributed by atoms with Crippen LogP contribution in [0.2, 0.25) is 0 Å². The van der Waals surface area contributed by atoms with Crippen LogP contribution in [-0.4, -0.2) is 119 Å². The maximum absolute atomic E-state index is 14.0. The third-order valence-corrected chi connectivity index (χ3v) is 15.1. The van der Waals surface area contributed by atoms with Crippen molar-refractivity contribution in [2.45, 2.75) is 242 Å². The zero-order valence-corrected chi connectivity index (χ0v) is 46.8. The highest BCUT2D eigenvalue weighted by molar-refractivity contribution is 5.93. The number of hydrogen-bond donors (Lipinski definition) is 4. The molecular formula is C60H92N6O10. The van der Waals surface area contributed by atoms with Gasteiger partial charge in [0.1, 0.15) is 35.4 Å². The Hall–Kier alpha value is -5.22. The van der Waals surface area contributed by atoms with Crippen molar-refractivity contribution in [2.24, 2.45) is 0 Å². The van der Waals surface area contributed by atoms with Crippen LogP contribution in [0.25, 0.3) is 0 Å². The summed E-state index contributed by atoms with van der Waals surface area (Å²) < 4.78 is 23.3. The number of alkyl carbamates (subject to hydrolysis) is 2. The Kier molecular flexibility index (Phi) is 23.7. The molecule has 4 saturated heterocycles. The molecule has 6 rings (SSSR count). The minimum Gasteiger partial charge on any atom is -0.444 e. The van der Waals surface area contributed by atoms with E-state index in [-0.39, 0.29) is 47.8 Å². The maximum atomic E-state index is 14.0. The Balaban J connectivity index is 0.844. The summed E-state index contributed by atoms with van der Waals surface area (Å²) in [5.41, 5.74) is 0.525. The van der Waals surface area contributed by atoms with Gasteiger partial charge in [-0.15, -0.1) is 0 Å². The lowest BCUT2D eigenvalue weighted by Gasteiger charge is -2.36. The molecule has 8 atom stereocenters. The molecule has 4 heterocycles. The van der Waals surface area contributed by atoms with Crippen LogP contribution in [0.15, 0.2) is 60.7 Å². The molecule has 4 N–H and O–H groups in total. The molecule has 16 heteroatoms. The van der Waals surface area contributed by atoms with E-state index in [1.807, 2.05) is 60.7 Å². The van der Waals surface area contributed by atoms with Gasteiger partial charge in [0.25, 0.3) is 0 Å². The minimum absolute atomic E-state index is 0.0368. The van der Waals surface area contributed by atoms with Crippen molar-refractivity contribution in [3.05, 3.63) is 71.8 Å². The fourth-order valence-electron chi connectivity index (χ4n) is 11.3. The molecule has 0 bridgehead atoms. The van der Waals surface area contributed by atoms with E-state index in [0.717, 1.165) is 101 Å². The average Bonchev–Trinajstić information content (AvgIpc) is 4.00. The predicted molar refractivity (Wildman–Crippen MR) is 293 cm³/mol. The fraction of sp³-hybridized carbons (Fsp3) is 0.700. The van der Waals surface area contributed by atoms with Gasteiger partial charge < -0.3 is 50.0 Å². The molecule has 4 aliphatic rings. The van der Waals surface area contributed by atoms with Crippen LogP contribution in [0.5, 0.6) is 0 Å². The first-order valence-corrected chi connectivity index (χ1v) is 29.0. The topological polar surface area (TPSA) is 194 Å². The van der Waals surface area contributed by atoms with Crippen LogP contribution >= 0.6 is 0 Å². The Morgan fingerprint density at radius 2 is 0.829 bits per heavy atom. The molecule has 0 spiro atoms. The SMILES string of the molecule is CC(C)(C)OC(=O)N[C@H]1CCCC[C@H]2CC[C@@H](C(=O)N[C@H](COCCCCCCCCCCCCOC[C@@H](NC(=O)[C@@H]3CC[C@@H]4CCCC[C@H](NC(=O)OC(C)(C)C)C(=O)N43)c3ccccc3)c3ccccc3)N2C1=O. The van der Waals surface area contributed by atoms with E-state index in [4.69, 9.17) is 18.9 Å². The number of nitrogens with zero attached hydrogens (tertiary/aromatic N) is 2. The van der Waals surface area contributed by atoms with Gasteiger partial charge in [0, 0.05) is 25.3 Å². The van der Waals surface area contributed by atoms with Gasteiger partial charge in [-0.05, 0) is 117 Å². The van der Waals surface area contributed by atoms with Crippen molar-refractivity contribution < 1.29 is 47.7 Å². The lowest BCUT2D eigenvalue weighted by molar-refractivity contribution is -0.143. The predicted octanol–water partition coefficient (Wildman–Crippen LogP) is 10.3. The second-order valence-corrected chi connectivity index (χ2v) is 23.6. The lowest BCUT2D eigenvalue weighted by atomic mass is 9.99. The Labute approximate surface area is 453 Å². The molecule has 16 nitrogen and oxygen atoms in total. The molecule has 0 saturated carbocycles. The summed E-state index contributed by atoms with van der Waals surface area (Å²) in [7, 11) is 0. The van der Waals surface area contributed by atoms with Gasteiger partial charge in [0.15, 0.2) is 0 Å². The second-order valence-electron chi connectivity index (χ2n) is 23.6. The number of unbranched alkanes of at least 4 members (excludes halogenated alkanes) is 9. The number of carbonyl (C=O) groups is 6.